The fourth-order valence-corrected chi connectivity index (χ4v) is 9.01. The lowest BCUT2D eigenvalue weighted by molar-refractivity contribution is -0.185. The normalized spacial score (nSPS) is 13.6. The maximum Gasteiger partial charge on any atom is 0.349 e. The highest BCUT2D eigenvalue weighted by Gasteiger charge is 2.24. The molecule has 0 aliphatic heterocycles. The molecule has 0 saturated carbocycles. The van der Waals surface area contributed by atoms with Gasteiger partial charge in [0.15, 0.2) is 12.4 Å². The van der Waals surface area contributed by atoms with Crippen LogP contribution in [-0.2, 0) is 47.5 Å². The first-order valence-corrected chi connectivity index (χ1v) is 48.0. The lowest BCUT2D eigenvalue weighted by atomic mass is 10.1. The summed E-state index contributed by atoms with van der Waals surface area (Å²) < 4.78 is 40.3. The number of aliphatic imine (C=N–C) groups is 7. The minimum Gasteiger partial charge on any atom is -0.450 e. The third kappa shape index (κ3) is 145. The molecule has 0 aliphatic carbocycles. The SMILES string of the molecule is CC(C)(C)N=CCOCCOCCO.CC/C=C/CCC=NC(C)(C)C.CC/C=C\C/C=C\C/C=C\C/C=C\C/C=C\C/C=C\CCC=NC(C)(C)C.CC/C=C\CCCCCCC/C=C\CCCC/C=C\CCC=NC(C)(C)C.CCCC#CCC=NC(C)(C)C.COC(C)OC(=O)C(C)OC(=O)C(C)C=NC(C)(C)C.COCCOCCOCC=NC(C)(C)C. The van der Waals surface area contributed by atoms with Crippen LogP contribution in [0, 0.1) is 17.8 Å². The summed E-state index contributed by atoms with van der Waals surface area (Å²) in [6.45, 7) is 61.8. The van der Waals surface area contributed by atoms with Crippen LogP contribution in [0.1, 0.15) is 374 Å². The Kier molecular flexibility index (Phi) is 100. The average Bonchev–Trinajstić information content (AvgIpc) is 0.903. The molecule has 0 heterocycles. The second-order valence-corrected chi connectivity index (χ2v) is 37.3. The van der Waals surface area contributed by atoms with E-state index in [9.17, 15) is 9.59 Å². The summed E-state index contributed by atoms with van der Waals surface area (Å²) >= 11 is 0. The molecule has 3 atom stereocenters. The molecule has 0 fully saturated rings. The summed E-state index contributed by atoms with van der Waals surface area (Å²) in [6, 6.07) is 0. The van der Waals surface area contributed by atoms with Crippen molar-refractivity contribution in [1.82, 2.24) is 0 Å². The monoisotopic (exact) mass is 1780 g/mol. The topological polar surface area (TPSA) is 215 Å². The summed E-state index contributed by atoms with van der Waals surface area (Å²) in [4.78, 5) is 53.8. The van der Waals surface area contributed by atoms with Gasteiger partial charge in [0.2, 0.25) is 0 Å². The maximum absolute atomic E-state index is 11.8. The quantitative estimate of drug-likeness (QED) is 0.0151. The van der Waals surface area contributed by atoms with E-state index in [-0.39, 0.29) is 45.4 Å². The van der Waals surface area contributed by atoms with Gasteiger partial charge in [-0.1, -0.05) is 174 Å². The Bertz CT molecular complexity index is 3050. The number of esters is 2. The summed E-state index contributed by atoms with van der Waals surface area (Å²) in [5.74, 6) is 4.45. The van der Waals surface area contributed by atoms with Gasteiger partial charge in [-0.05, 0) is 332 Å². The van der Waals surface area contributed by atoms with Gasteiger partial charge in [0.05, 0.1) is 111 Å². The minimum absolute atomic E-state index is 0.0156. The van der Waals surface area contributed by atoms with Crippen LogP contribution in [0.3, 0.4) is 0 Å². The maximum atomic E-state index is 11.8. The number of aliphatic hydroxyl groups is 1. The largest absolute Gasteiger partial charge is 0.450 e. The van der Waals surface area contributed by atoms with Crippen molar-refractivity contribution in [3.05, 3.63) is 122 Å². The highest BCUT2D eigenvalue weighted by Crippen LogP contribution is 2.14. The van der Waals surface area contributed by atoms with Crippen LogP contribution in [0.25, 0.3) is 0 Å². The van der Waals surface area contributed by atoms with Gasteiger partial charge < -0.3 is 43.0 Å². The predicted octanol–water partition coefficient (Wildman–Crippen LogP) is 28.4. The zero-order valence-corrected chi connectivity index (χ0v) is 87.4. The van der Waals surface area contributed by atoms with Crippen LogP contribution in [0.15, 0.2) is 156 Å². The molecule has 127 heavy (non-hydrogen) atoms. The molecule has 0 aliphatic rings. The van der Waals surface area contributed by atoms with Gasteiger partial charge in [-0.25, -0.2) is 4.79 Å². The Morgan fingerprint density at radius 1 is 0.323 bits per heavy atom. The van der Waals surface area contributed by atoms with E-state index in [1.807, 2.05) is 60.2 Å². The molecule has 0 spiro atoms. The molecule has 0 amide bonds. The van der Waals surface area contributed by atoms with E-state index in [1.165, 1.54) is 97.3 Å². The zero-order valence-electron chi connectivity index (χ0n) is 87.4. The molecule has 18 nitrogen and oxygen atoms in total. The first-order chi connectivity index (χ1) is 59.9. The van der Waals surface area contributed by atoms with Crippen molar-refractivity contribution >= 4 is 55.4 Å². The highest BCUT2D eigenvalue weighted by molar-refractivity contribution is 5.91. The summed E-state index contributed by atoms with van der Waals surface area (Å²) in [6.07, 6.45) is 89.3. The van der Waals surface area contributed by atoms with E-state index in [4.69, 9.17) is 43.0 Å². The molecule has 1 N–H and O–H groups in total. The summed E-state index contributed by atoms with van der Waals surface area (Å²) in [7, 11) is 3.07. The van der Waals surface area contributed by atoms with Crippen LogP contribution in [0.5, 0.6) is 0 Å². The number of allylic oxidation sites excluding steroid dienone is 20. The van der Waals surface area contributed by atoms with Crippen molar-refractivity contribution in [2.24, 2.45) is 40.9 Å². The Balaban J connectivity index is -0.000000271. The van der Waals surface area contributed by atoms with Crippen molar-refractivity contribution in [3.63, 3.8) is 0 Å². The van der Waals surface area contributed by atoms with Crippen LogP contribution in [-0.4, -0.2) is 192 Å². The minimum atomic E-state index is -0.981. The van der Waals surface area contributed by atoms with Crippen LogP contribution >= 0.6 is 0 Å². The number of ether oxygens (including phenoxy) is 8. The Hall–Kier alpha value is -6.69. The van der Waals surface area contributed by atoms with E-state index in [2.05, 4.69) is 306 Å². The zero-order chi connectivity index (χ0) is 97.4. The fourth-order valence-electron chi connectivity index (χ4n) is 9.01. The van der Waals surface area contributed by atoms with E-state index in [0.29, 0.717) is 59.5 Å². The number of nitrogens with zero attached hydrogens (tertiary/aromatic N) is 7. The van der Waals surface area contributed by atoms with Crippen molar-refractivity contribution in [1.29, 1.82) is 0 Å². The van der Waals surface area contributed by atoms with Crippen LogP contribution in [0.4, 0.5) is 0 Å². The van der Waals surface area contributed by atoms with Gasteiger partial charge in [-0.15, -0.1) is 5.92 Å². The number of methoxy groups -OCH3 is 2. The first-order valence-electron chi connectivity index (χ1n) is 48.0. The average molecular weight is 1780 g/mol. The number of carbonyl (C=O) groups excluding carboxylic acids is 2. The Morgan fingerprint density at radius 2 is 0.622 bits per heavy atom. The predicted molar refractivity (Wildman–Crippen MR) is 558 cm³/mol. The molecule has 0 bridgehead atoms. The third-order valence-electron chi connectivity index (χ3n) is 15.5. The molecule has 0 aromatic heterocycles. The standard InChI is InChI=1S/C26H47N.C26H41N.C14H25NO5.C11H23NO3.C11H21N.C11H19N.C10H21NO3/c2*1-5-6-7-8-9-10-11-12-13-14-15-16-17-18-19-20-21-22-23-24-25-27-26(2,3)4;1-9(8-15-14(4,5)6)12(16)19-10(2)13(17)20-11(3)18-7;1-11(2,3)12-5-6-14-9-10-15-8-7-13-4;2*1-5-6-7-8-9-10-12-11(2,3)4;1-10(2,3)11-4-6-13-8-9-14-7-5-12/h6-7,15-16,21-22,25H,5,8-14,17-20,23-24H2,1-4H3;6-7,9-10,12-13,15-16,18-19,21-22,25H,5,8,11,14,17,20,23-24H2,1-4H3;8-11H,1-7H3;5H,6-10H2,1-4H3;6-7,10H,5,8-9H2,1-4H3;10H,5-6,9H2,1-4H3;4,12H,5-9H2,1-3H3/b7-6-,16-15-,22-21-,27-25?;7-6-,10-9-,13-12-,16-15-,19-18-,22-21-,27-25?;;;7-6+,12-10?;;. The molecular weight excluding hydrogens is 1580 g/mol. The lowest BCUT2D eigenvalue weighted by Gasteiger charge is -2.17. The molecule has 18 heteroatoms. The fraction of sp³-hybridized carbons (Fsp3) is 0.716. The van der Waals surface area contributed by atoms with Gasteiger partial charge in [-0.2, -0.15) is 0 Å². The molecule has 0 aromatic carbocycles. The molecule has 0 rings (SSSR count). The van der Waals surface area contributed by atoms with E-state index in [0.717, 1.165) is 103 Å². The van der Waals surface area contributed by atoms with Gasteiger partial charge in [0.25, 0.3) is 0 Å². The number of rotatable bonds is 58. The highest BCUT2D eigenvalue weighted by atomic mass is 16.7. The van der Waals surface area contributed by atoms with Gasteiger partial charge in [0, 0.05) is 51.9 Å². The van der Waals surface area contributed by atoms with Gasteiger partial charge in [-0.3, -0.25) is 39.7 Å². The van der Waals surface area contributed by atoms with Crippen molar-refractivity contribution in [3.8, 4) is 11.8 Å². The second-order valence-electron chi connectivity index (χ2n) is 37.3. The van der Waals surface area contributed by atoms with Crippen LogP contribution in [0.2, 0.25) is 0 Å². The van der Waals surface area contributed by atoms with Crippen molar-refractivity contribution in [2.45, 2.75) is 425 Å². The molecular formula is C109H197N7O11. The molecule has 734 valence electrons. The summed E-state index contributed by atoms with van der Waals surface area (Å²) in [5.41, 5.74) is -0.0373. The van der Waals surface area contributed by atoms with E-state index >= 15 is 0 Å². The number of hydrogen-bond acceptors (Lipinski definition) is 18. The lowest BCUT2D eigenvalue weighted by Crippen LogP contribution is -2.31. The van der Waals surface area contributed by atoms with Crippen molar-refractivity contribution in [2.75, 3.05) is 80.3 Å². The van der Waals surface area contributed by atoms with E-state index in [1.54, 1.807) is 33.4 Å². The number of unbranched alkanes of at least 4 members (excludes halogenated alkanes) is 13. The molecule has 3 unspecified atom stereocenters. The second kappa shape index (κ2) is 95.4. The molecule has 0 saturated heterocycles. The summed E-state index contributed by atoms with van der Waals surface area (Å²) in [5, 5.41) is 8.41. The van der Waals surface area contributed by atoms with Crippen LogP contribution < -0.4 is 0 Å². The number of carbonyl (C=O) groups is 2. The smallest absolute Gasteiger partial charge is 0.349 e. The third-order valence-corrected chi connectivity index (χ3v) is 15.5. The Labute approximate surface area is 783 Å². The van der Waals surface area contributed by atoms with Gasteiger partial charge >= 0.3 is 11.9 Å². The van der Waals surface area contributed by atoms with Crippen molar-refractivity contribution < 1.29 is 52.6 Å². The van der Waals surface area contributed by atoms with E-state index < -0.39 is 30.3 Å². The first kappa shape index (κ1) is 133. The number of aliphatic hydroxyl groups excluding tert-OH is 1. The number of hydrogen-bond donors (Lipinski definition) is 1. The van der Waals surface area contributed by atoms with Gasteiger partial charge in [0.1, 0.15) is 0 Å². The molecule has 0 aromatic rings. The molecule has 0 radical (unpaired) electrons. The Morgan fingerprint density at radius 3 is 0.984 bits per heavy atom.